The summed E-state index contributed by atoms with van der Waals surface area (Å²) in [6.45, 7) is 7.81. The van der Waals surface area contributed by atoms with Crippen LogP contribution in [0.4, 0.5) is 0 Å². The minimum Gasteiger partial charge on any atom is -0.368 e. The molecule has 1 aliphatic rings. The summed E-state index contributed by atoms with van der Waals surface area (Å²) >= 11 is 0. The lowest BCUT2D eigenvalue weighted by Crippen LogP contribution is -2.31. The molecule has 2 rings (SSSR count). The number of hydrogen-bond acceptors (Lipinski definition) is 4. The summed E-state index contributed by atoms with van der Waals surface area (Å²) in [5.74, 6) is 0.634. The number of ether oxygens (including phenoxy) is 1. The molecular weight excluding hydrogens is 218 g/mol. The van der Waals surface area contributed by atoms with Crippen LogP contribution >= 0.6 is 0 Å². The monoisotopic (exact) mass is 237 g/mol. The zero-order valence-corrected chi connectivity index (χ0v) is 10.6. The normalized spacial score (nSPS) is 17.8. The lowest BCUT2D eigenvalue weighted by Gasteiger charge is -2.27. The van der Waals surface area contributed by atoms with Gasteiger partial charge in [-0.2, -0.15) is 0 Å². The van der Waals surface area contributed by atoms with E-state index in [4.69, 9.17) is 4.74 Å². The van der Waals surface area contributed by atoms with Crippen LogP contribution in [0.5, 0.6) is 0 Å². The standard InChI is InChI=1S/C12H19N3O2/c1-4-12(3,17-5-2)11-14-9-7-13-6-8(9)10(16)15-11/h13H,4-7H2,1-3H3,(H,14,15,16). The van der Waals surface area contributed by atoms with Gasteiger partial charge in [0, 0.05) is 19.7 Å². The highest BCUT2D eigenvalue weighted by Gasteiger charge is 2.30. The van der Waals surface area contributed by atoms with Gasteiger partial charge in [-0.05, 0) is 20.3 Å². The fourth-order valence-electron chi connectivity index (χ4n) is 2.09. The van der Waals surface area contributed by atoms with E-state index in [0.29, 0.717) is 25.5 Å². The Morgan fingerprint density at radius 3 is 2.82 bits per heavy atom. The van der Waals surface area contributed by atoms with Crippen LogP contribution in [0.1, 0.15) is 44.3 Å². The van der Waals surface area contributed by atoms with E-state index in [0.717, 1.165) is 17.7 Å². The maximum absolute atomic E-state index is 11.9. The molecule has 0 radical (unpaired) electrons. The molecule has 0 aliphatic carbocycles. The van der Waals surface area contributed by atoms with Crippen molar-refractivity contribution in [1.29, 1.82) is 0 Å². The molecule has 1 aromatic rings. The highest BCUT2D eigenvalue weighted by atomic mass is 16.5. The average Bonchev–Trinajstić information content (AvgIpc) is 2.78. The summed E-state index contributed by atoms with van der Waals surface area (Å²) in [6, 6.07) is 0. The zero-order chi connectivity index (χ0) is 12.5. The Morgan fingerprint density at radius 1 is 1.41 bits per heavy atom. The van der Waals surface area contributed by atoms with Crippen LogP contribution < -0.4 is 10.9 Å². The van der Waals surface area contributed by atoms with Crippen molar-refractivity contribution in [2.75, 3.05) is 6.61 Å². The number of nitrogens with one attached hydrogen (secondary N) is 2. The SMILES string of the molecule is CCOC(C)(CC)c1nc2c(c(=O)[nH]1)CNC2. The molecule has 0 saturated heterocycles. The molecule has 0 saturated carbocycles. The fraction of sp³-hybridized carbons (Fsp3) is 0.667. The van der Waals surface area contributed by atoms with Crippen molar-refractivity contribution in [2.24, 2.45) is 0 Å². The predicted octanol–water partition coefficient (Wildman–Crippen LogP) is 1.03. The molecule has 1 aliphatic heterocycles. The van der Waals surface area contributed by atoms with Crippen LogP contribution in [0, 0.1) is 0 Å². The van der Waals surface area contributed by atoms with Gasteiger partial charge in [0.05, 0.1) is 11.3 Å². The summed E-state index contributed by atoms with van der Waals surface area (Å²) in [5, 5.41) is 3.13. The van der Waals surface area contributed by atoms with Crippen molar-refractivity contribution in [1.82, 2.24) is 15.3 Å². The molecule has 2 N–H and O–H groups in total. The highest BCUT2D eigenvalue weighted by Crippen LogP contribution is 2.26. The maximum Gasteiger partial charge on any atom is 0.255 e. The Labute approximate surface area is 101 Å². The van der Waals surface area contributed by atoms with Gasteiger partial charge >= 0.3 is 0 Å². The van der Waals surface area contributed by atoms with Crippen molar-refractivity contribution >= 4 is 0 Å². The van der Waals surface area contributed by atoms with E-state index in [1.807, 2.05) is 20.8 Å². The second-order valence-electron chi connectivity index (χ2n) is 4.46. The average molecular weight is 237 g/mol. The first-order valence-electron chi connectivity index (χ1n) is 6.08. The predicted molar refractivity (Wildman–Crippen MR) is 64.7 cm³/mol. The Bertz CT molecular complexity index is 469. The van der Waals surface area contributed by atoms with Gasteiger partial charge in [0.2, 0.25) is 0 Å². The molecule has 94 valence electrons. The molecule has 1 unspecified atom stereocenters. The number of nitrogens with zero attached hydrogens (tertiary/aromatic N) is 1. The van der Waals surface area contributed by atoms with Crippen molar-refractivity contribution in [3.63, 3.8) is 0 Å². The lowest BCUT2D eigenvalue weighted by atomic mass is 10.0. The number of hydrogen-bond donors (Lipinski definition) is 2. The van der Waals surface area contributed by atoms with E-state index in [2.05, 4.69) is 15.3 Å². The van der Waals surface area contributed by atoms with Gasteiger partial charge in [-0.15, -0.1) is 0 Å². The second-order valence-corrected chi connectivity index (χ2v) is 4.46. The van der Waals surface area contributed by atoms with Crippen LogP contribution in [0.3, 0.4) is 0 Å². The molecule has 1 aromatic heterocycles. The Hall–Kier alpha value is -1.20. The van der Waals surface area contributed by atoms with Gasteiger partial charge < -0.3 is 15.0 Å². The van der Waals surface area contributed by atoms with Crippen LogP contribution in [-0.4, -0.2) is 16.6 Å². The van der Waals surface area contributed by atoms with E-state index < -0.39 is 5.60 Å². The summed E-state index contributed by atoms with van der Waals surface area (Å²) < 4.78 is 5.73. The summed E-state index contributed by atoms with van der Waals surface area (Å²) in [6.07, 6.45) is 0.774. The number of rotatable bonds is 4. The Morgan fingerprint density at radius 2 is 2.18 bits per heavy atom. The highest BCUT2D eigenvalue weighted by molar-refractivity contribution is 5.23. The van der Waals surface area contributed by atoms with E-state index in [9.17, 15) is 4.79 Å². The van der Waals surface area contributed by atoms with Crippen LogP contribution in [-0.2, 0) is 23.4 Å². The summed E-state index contributed by atoms with van der Waals surface area (Å²) in [7, 11) is 0. The largest absolute Gasteiger partial charge is 0.368 e. The molecule has 0 spiro atoms. The van der Waals surface area contributed by atoms with Gasteiger partial charge in [0.15, 0.2) is 0 Å². The molecule has 0 amide bonds. The maximum atomic E-state index is 11.9. The minimum atomic E-state index is -0.508. The first-order valence-corrected chi connectivity index (χ1v) is 6.08. The molecule has 5 nitrogen and oxygen atoms in total. The molecule has 2 heterocycles. The molecule has 17 heavy (non-hydrogen) atoms. The zero-order valence-electron chi connectivity index (χ0n) is 10.6. The van der Waals surface area contributed by atoms with E-state index in [1.54, 1.807) is 0 Å². The van der Waals surface area contributed by atoms with E-state index >= 15 is 0 Å². The summed E-state index contributed by atoms with van der Waals surface area (Å²) in [5.41, 5.74) is 1.05. The first kappa shape index (κ1) is 12.3. The van der Waals surface area contributed by atoms with E-state index in [-0.39, 0.29) is 5.56 Å². The Kier molecular flexibility index (Phi) is 3.31. The van der Waals surface area contributed by atoms with Crippen LogP contribution in [0.2, 0.25) is 0 Å². The summed E-state index contributed by atoms with van der Waals surface area (Å²) in [4.78, 5) is 19.3. The van der Waals surface area contributed by atoms with Crippen LogP contribution in [0.25, 0.3) is 0 Å². The first-order chi connectivity index (χ1) is 8.10. The molecular formula is C12H19N3O2. The van der Waals surface area contributed by atoms with Gasteiger partial charge in [-0.3, -0.25) is 4.79 Å². The fourth-order valence-corrected chi connectivity index (χ4v) is 2.09. The van der Waals surface area contributed by atoms with Gasteiger partial charge in [0.25, 0.3) is 5.56 Å². The quantitative estimate of drug-likeness (QED) is 0.821. The molecule has 0 bridgehead atoms. The number of aromatic amines is 1. The van der Waals surface area contributed by atoms with Gasteiger partial charge in [0.1, 0.15) is 11.4 Å². The second kappa shape index (κ2) is 4.58. The number of aromatic nitrogens is 2. The van der Waals surface area contributed by atoms with Crippen molar-refractivity contribution in [3.8, 4) is 0 Å². The van der Waals surface area contributed by atoms with E-state index in [1.165, 1.54) is 0 Å². The van der Waals surface area contributed by atoms with Crippen molar-refractivity contribution in [3.05, 3.63) is 27.4 Å². The Balaban J connectivity index is 2.46. The third-order valence-electron chi connectivity index (χ3n) is 3.33. The van der Waals surface area contributed by atoms with Crippen molar-refractivity contribution in [2.45, 2.75) is 45.9 Å². The van der Waals surface area contributed by atoms with Gasteiger partial charge in [-0.25, -0.2) is 4.98 Å². The molecule has 0 fully saturated rings. The smallest absolute Gasteiger partial charge is 0.255 e. The molecule has 5 heteroatoms. The molecule has 0 aromatic carbocycles. The van der Waals surface area contributed by atoms with Crippen LogP contribution in [0.15, 0.2) is 4.79 Å². The van der Waals surface area contributed by atoms with Gasteiger partial charge in [-0.1, -0.05) is 6.92 Å². The van der Waals surface area contributed by atoms with Crippen molar-refractivity contribution < 1.29 is 4.74 Å². The topological polar surface area (TPSA) is 67.0 Å². The number of fused-ring (bicyclic) bond motifs is 1. The lowest BCUT2D eigenvalue weighted by molar-refractivity contribution is -0.0393. The third-order valence-corrected chi connectivity index (χ3v) is 3.33. The minimum absolute atomic E-state index is 0.0469. The molecule has 1 atom stereocenters. The third kappa shape index (κ3) is 2.12. The number of H-pyrrole nitrogens is 1.